The molecule has 1 aliphatic rings. The van der Waals surface area contributed by atoms with Crippen molar-refractivity contribution >= 4 is 54.4 Å². The average Bonchev–Trinajstić information content (AvgIpc) is 3.95. The van der Waals surface area contributed by atoms with Gasteiger partial charge in [0, 0.05) is 55.2 Å². The van der Waals surface area contributed by atoms with Crippen molar-refractivity contribution in [3.8, 4) is 67.5 Å². The lowest BCUT2D eigenvalue weighted by atomic mass is 9.99. The lowest BCUT2D eigenvalue weighted by Crippen LogP contribution is -1.98. The van der Waals surface area contributed by atoms with Crippen molar-refractivity contribution in [1.82, 2.24) is 19.1 Å². The maximum atomic E-state index is 5.33. The Morgan fingerprint density at radius 3 is 1.63 bits per heavy atom. The van der Waals surface area contributed by atoms with Crippen LogP contribution in [0.5, 0.6) is 0 Å². The van der Waals surface area contributed by atoms with Crippen LogP contribution in [0.2, 0.25) is 0 Å². The van der Waals surface area contributed by atoms with E-state index in [0.29, 0.717) is 0 Å². The third-order valence-electron chi connectivity index (χ3n) is 12.5. The van der Waals surface area contributed by atoms with Crippen molar-refractivity contribution in [2.75, 3.05) is 0 Å². The molecule has 60 heavy (non-hydrogen) atoms. The van der Waals surface area contributed by atoms with Crippen LogP contribution in [0.3, 0.4) is 0 Å². The Morgan fingerprint density at radius 1 is 0.317 bits per heavy atom. The lowest BCUT2D eigenvalue weighted by Gasteiger charge is -2.14. The normalized spacial score (nSPS) is 12.0. The molecule has 3 heterocycles. The third-order valence-corrected chi connectivity index (χ3v) is 12.5. The second kappa shape index (κ2) is 12.7. The summed E-state index contributed by atoms with van der Waals surface area (Å²) in [5, 5.41) is 7.42. The molecule has 0 atom stereocenters. The molecule has 0 unspecified atom stereocenters. The summed E-state index contributed by atoms with van der Waals surface area (Å²) in [4.78, 5) is 10.6. The molecule has 0 aliphatic heterocycles. The van der Waals surface area contributed by atoms with Crippen LogP contribution in [0.1, 0.15) is 0 Å². The number of hydrogen-bond donors (Lipinski definition) is 0. The Bertz CT molecular complexity index is 3680. The molecule has 0 bridgehead atoms. The minimum absolute atomic E-state index is 0.732. The molecule has 0 amide bonds. The number of aromatic nitrogens is 4. The van der Waals surface area contributed by atoms with Gasteiger partial charge in [0.25, 0.3) is 0 Å². The zero-order chi connectivity index (χ0) is 39.3. The third kappa shape index (κ3) is 4.79. The smallest absolute Gasteiger partial charge is 0.160 e. The van der Waals surface area contributed by atoms with E-state index in [1.165, 1.54) is 71.1 Å². The van der Waals surface area contributed by atoms with Gasteiger partial charge < -0.3 is 9.13 Å². The molecule has 0 saturated carbocycles. The largest absolute Gasteiger partial charge is 0.309 e. The number of benzene rings is 9. The number of hydrogen-bond acceptors (Lipinski definition) is 2. The average molecular weight is 763 g/mol. The van der Waals surface area contributed by atoms with Gasteiger partial charge in [-0.1, -0.05) is 152 Å². The number of nitrogens with zero attached hydrogens (tertiary/aromatic N) is 4. The standard InChI is InChI=1S/C56H34N4/c1-3-13-37(14-4-1)56-57-54(53-45-21-11-15-35-16-12-22-46(52(35)45)55(53)58-56)36-25-29-41(30-26-36)60-48-23-9-7-19-42(48)44-31-27-39(34-51(44)60)38-28-32-50-47(33-38)43-20-8-10-24-49(43)59(50)40-17-5-2-6-18-40/h1-34H. The molecule has 0 spiro atoms. The quantitative estimate of drug-likeness (QED) is 0.175. The summed E-state index contributed by atoms with van der Waals surface area (Å²) in [6.07, 6.45) is 0. The van der Waals surface area contributed by atoms with E-state index >= 15 is 0 Å². The van der Waals surface area contributed by atoms with E-state index in [4.69, 9.17) is 9.97 Å². The molecular weight excluding hydrogens is 729 g/mol. The maximum Gasteiger partial charge on any atom is 0.160 e. The van der Waals surface area contributed by atoms with Gasteiger partial charge in [-0.25, -0.2) is 9.97 Å². The molecule has 278 valence electrons. The Labute approximate surface area is 345 Å². The van der Waals surface area contributed by atoms with Crippen LogP contribution in [-0.4, -0.2) is 19.1 Å². The van der Waals surface area contributed by atoms with Crippen molar-refractivity contribution in [3.63, 3.8) is 0 Å². The van der Waals surface area contributed by atoms with Gasteiger partial charge in [-0.15, -0.1) is 0 Å². The predicted octanol–water partition coefficient (Wildman–Crippen LogP) is 14.5. The molecule has 12 aromatic rings. The maximum absolute atomic E-state index is 5.33. The molecular formula is C56H34N4. The molecule has 0 N–H and O–H groups in total. The number of rotatable bonds is 5. The first-order chi connectivity index (χ1) is 29.8. The van der Waals surface area contributed by atoms with E-state index in [1.54, 1.807) is 0 Å². The molecule has 1 aliphatic carbocycles. The van der Waals surface area contributed by atoms with E-state index in [0.717, 1.165) is 50.8 Å². The van der Waals surface area contributed by atoms with Crippen LogP contribution < -0.4 is 0 Å². The van der Waals surface area contributed by atoms with Gasteiger partial charge in [0.2, 0.25) is 0 Å². The summed E-state index contributed by atoms with van der Waals surface area (Å²) in [6.45, 7) is 0. The molecule has 4 heteroatoms. The van der Waals surface area contributed by atoms with Gasteiger partial charge in [-0.05, 0) is 82.1 Å². The molecule has 4 nitrogen and oxygen atoms in total. The topological polar surface area (TPSA) is 35.6 Å². The molecule has 0 fully saturated rings. The number of fused-ring (bicyclic) bond motifs is 9. The minimum Gasteiger partial charge on any atom is -0.309 e. The zero-order valence-electron chi connectivity index (χ0n) is 32.4. The van der Waals surface area contributed by atoms with Gasteiger partial charge in [-0.2, -0.15) is 0 Å². The Balaban J connectivity index is 0.968. The van der Waals surface area contributed by atoms with Crippen LogP contribution in [0, 0.1) is 0 Å². The summed E-state index contributed by atoms with van der Waals surface area (Å²) in [6, 6.07) is 74.3. The van der Waals surface area contributed by atoms with Crippen LogP contribution in [-0.2, 0) is 0 Å². The molecule has 0 saturated heterocycles. The van der Waals surface area contributed by atoms with E-state index in [-0.39, 0.29) is 0 Å². The second-order valence-corrected chi connectivity index (χ2v) is 15.7. The van der Waals surface area contributed by atoms with Gasteiger partial charge in [0.1, 0.15) is 0 Å². The van der Waals surface area contributed by atoms with Gasteiger partial charge in [-0.3, -0.25) is 0 Å². The summed E-state index contributed by atoms with van der Waals surface area (Å²) < 4.78 is 4.78. The van der Waals surface area contributed by atoms with Crippen molar-refractivity contribution < 1.29 is 0 Å². The van der Waals surface area contributed by atoms with E-state index < -0.39 is 0 Å². The SMILES string of the molecule is c1ccc(-c2nc(-c3ccc(-n4c5ccccc5c5ccc(-c6ccc7c(c6)c6ccccc6n7-c6ccccc6)cc54)cc3)c3c(n2)-c2cccc4cccc-3c24)cc1. The van der Waals surface area contributed by atoms with Crippen LogP contribution >= 0.6 is 0 Å². The predicted molar refractivity (Wildman–Crippen MR) is 249 cm³/mol. The molecule has 13 rings (SSSR count). The monoisotopic (exact) mass is 762 g/mol. The van der Waals surface area contributed by atoms with Crippen LogP contribution in [0.4, 0.5) is 0 Å². The van der Waals surface area contributed by atoms with E-state index in [1.807, 2.05) is 6.07 Å². The fourth-order valence-corrected chi connectivity index (χ4v) is 9.79. The summed E-state index contributed by atoms with van der Waals surface area (Å²) >= 11 is 0. The first-order valence-electron chi connectivity index (χ1n) is 20.5. The Kier molecular flexibility index (Phi) is 6.98. The van der Waals surface area contributed by atoms with Gasteiger partial charge in [0.05, 0.1) is 33.5 Å². The molecule has 3 aromatic heterocycles. The highest BCUT2D eigenvalue weighted by Gasteiger charge is 2.28. The summed E-state index contributed by atoms with van der Waals surface area (Å²) in [5.41, 5.74) is 16.8. The van der Waals surface area contributed by atoms with Gasteiger partial charge >= 0.3 is 0 Å². The fraction of sp³-hybridized carbons (Fsp3) is 0. The lowest BCUT2D eigenvalue weighted by molar-refractivity contribution is 1.17. The Hall–Kier alpha value is -8.08. The summed E-state index contributed by atoms with van der Waals surface area (Å²) in [5.74, 6) is 0.732. The first-order valence-corrected chi connectivity index (χ1v) is 20.5. The highest BCUT2D eigenvalue weighted by molar-refractivity contribution is 6.17. The van der Waals surface area contributed by atoms with Crippen molar-refractivity contribution in [1.29, 1.82) is 0 Å². The van der Waals surface area contributed by atoms with E-state index in [2.05, 4.69) is 209 Å². The van der Waals surface area contributed by atoms with Gasteiger partial charge in [0.15, 0.2) is 5.82 Å². The van der Waals surface area contributed by atoms with Crippen LogP contribution in [0.15, 0.2) is 206 Å². The highest BCUT2D eigenvalue weighted by Crippen LogP contribution is 2.50. The fourth-order valence-electron chi connectivity index (χ4n) is 9.79. The van der Waals surface area contributed by atoms with Crippen molar-refractivity contribution in [2.45, 2.75) is 0 Å². The minimum atomic E-state index is 0.732. The van der Waals surface area contributed by atoms with Crippen molar-refractivity contribution in [3.05, 3.63) is 206 Å². The first kappa shape index (κ1) is 32.9. The van der Waals surface area contributed by atoms with Crippen molar-refractivity contribution in [2.24, 2.45) is 0 Å². The molecule has 0 radical (unpaired) electrons. The number of para-hydroxylation sites is 3. The zero-order valence-corrected chi connectivity index (χ0v) is 32.4. The molecule has 9 aromatic carbocycles. The summed E-state index contributed by atoms with van der Waals surface area (Å²) in [7, 11) is 0. The second-order valence-electron chi connectivity index (χ2n) is 15.7. The van der Waals surface area contributed by atoms with E-state index in [9.17, 15) is 0 Å². The Morgan fingerprint density at radius 2 is 0.867 bits per heavy atom. The van der Waals surface area contributed by atoms with Crippen LogP contribution in [0.25, 0.3) is 122 Å². The highest BCUT2D eigenvalue weighted by atomic mass is 15.0.